The van der Waals surface area contributed by atoms with E-state index in [-0.39, 0.29) is 16.5 Å². The molecule has 0 radical (unpaired) electrons. The van der Waals surface area contributed by atoms with E-state index in [2.05, 4.69) is 10.2 Å². The Labute approximate surface area is 179 Å². The lowest BCUT2D eigenvalue weighted by Gasteiger charge is -2.44. The lowest BCUT2D eigenvalue weighted by Crippen LogP contribution is -2.49. The van der Waals surface area contributed by atoms with Gasteiger partial charge in [0.2, 0.25) is 0 Å². The van der Waals surface area contributed by atoms with Gasteiger partial charge in [0.05, 0.1) is 20.5 Å². The van der Waals surface area contributed by atoms with Crippen molar-refractivity contribution in [1.29, 1.82) is 0 Å². The highest BCUT2D eigenvalue weighted by molar-refractivity contribution is 7.18. The lowest BCUT2D eigenvalue weighted by atomic mass is 9.78. The van der Waals surface area contributed by atoms with Crippen LogP contribution < -0.4 is 5.32 Å². The number of anilines is 1. The third-order valence-electron chi connectivity index (χ3n) is 6.03. The van der Waals surface area contributed by atoms with Gasteiger partial charge < -0.3 is 10.2 Å². The van der Waals surface area contributed by atoms with E-state index >= 15 is 0 Å². The number of nitrogens with zero attached hydrogens (tertiary/aromatic N) is 1. The number of rotatable bonds is 3. The van der Waals surface area contributed by atoms with Crippen LogP contribution in [-0.2, 0) is 0 Å². The van der Waals surface area contributed by atoms with Crippen molar-refractivity contribution in [2.45, 2.75) is 51.5 Å². The van der Waals surface area contributed by atoms with Crippen LogP contribution in [0.4, 0.5) is 9.39 Å². The van der Waals surface area contributed by atoms with Crippen LogP contribution in [-0.4, -0.2) is 29.3 Å². The summed E-state index contributed by atoms with van der Waals surface area (Å²) in [6.07, 6.45) is 7.05. The Morgan fingerprint density at radius 3 is 2.72 bits per heavy atom. The zero-order valence-corrected chi connectivity index (χ0v) is 17.9. The Morgan fingerprint density at radius 2 is 1.93 bits per heavy atom. The van der Waals surface area contributed by atoms with E-state index in [0.29, 0.717) is 21.8 Å². The fourth-order valence-electron chi connectivity index (χ4n) is 4.62. The van der Waals surface area contributed by atoms with Gasteiger partial charge in [0.15, 0.2) is 0 Å². The number of carbonyl (C=O) groups excluding carboxylic acids is 2. The van der Waals surface area contributed by atoms with Crippen molar-refractivity contribution in [2.24, 2.45) is 5.92 Å². The standard InChI is InChI=1S/C22H24ClFN2O2S/c1-13-11-19(25-21(27)16-9-8-15(24)12-17(16)23)29-20(13)22(28)26-10-4-6-14-5-2-3-7-18(14)26/h8-9,11-12,14,18H,2-7,10H2,1H3,(H,25,27). The van der Waals surface area contributed by atoms with Gasteiger partial charge in [-0.1, -0.05) is 24.4 Å². The topological polar surface area (TPSA) is 49.4 Å². The second-order valence-electron chi connectivity index (χ2n) is 7.95. The Morgan fingerprint density at radius 1 is 1.17 bits per heavy atom. The van der Waals surface area contributed by atoms with Gasteiger partial charge in [-0.05, 0) is 68.4 Å². The Balaban J connectivity index is 1.51. The quantitative estimate of drug-likeness (QED) is 0.654. The molecule has 2 unspecified atom stereocenters. The summed E-state index contributed by atoms with van der Waals surface area (Å²) in [4.78, 5) is 28.6. The van der Waals surface area contributed by atoms with Crippen molar-refractivity contribution in [3.8, 4) is 0 Å². The molecule has 2 fully saturated rings. The van der Waals surface area contributed by atoms with Gasteiger partial charge in [-0.3, -0.25) is 9.59 Å². The van der Waals surface area contributed by atoms with E-state index in [1.54, 1.807) is 0 Å². The number of thiophene rings is 1. The van der Waals surface area contributed by atoms with Gasteiger partial charge in [-0.15, -0.1) is 11.3 Å². The molecule has 4 nitrogen and oxygen atoms in total. The fourth-order valence-corrected chi connectivity index (χ4v) is 5.89. The molecular weight excluding hydrogens is 411 g/mol. The maximum atomic E-state index is 13.3. The number of nitrogens with one attached hydrogen (secondary N) is 1. The van der Waals surface area contributed by atoms with Crippen LogP contribution in [0.3, 0.4) is 0 Å². The molecule has 1 aliphatic carbocycles. The normalized spacial score (nSPS) is 21.6. The number of piperidine rings is 1. The van der Waals surface area contributed by atoms with Crippen LogP contribution in [0.25, 0.3) is 0 Å². The van der Waals surface area contributed by atoms with Crippen molar-refractivity contribution in [3.05, 3.63) is 51.1 Å². The highest BCUT2D eigenvalue weighted by atomic mass is 35.5. The molecule has 0 spiro atoms. The zero-order valence-electron chi connectivity index (χ0n) is 16.3. The summed E-state index contributed by atoms with van der Waals surface area (Å²) in [5, 5.41) is 3.45. The first-order chi connectivity index (χ1) is 13.9. The van der Waals surface area contributed by atoms with Crippen LogP contribution in [0.15, 0.2) is 24.3 Å². The summed E-state index contributed by atoms with van der Waals surface area (Å²) in [5.74, 6) is -0.208. The predicted molar refractivity (Wildman–Crippen MR) is 114 cm³/mol. The molecule has 2 amide bonds. The second kappa shape index (κ2) is 8.44. The van der Waals surface area contributed by atoms with Gasteiger partial charge in [0.1, 0.15) is 5.82 Å². The Kier molecular flexibility index (Phi) is 5.93. The minimum absolute atomic E-state index is 0.0590. The summed E-state index contributed by atoms with van der Waals surface area (Å²) in [7, 11) is 0. The van der Waals surface area contributed by atoms with Gasteiger partial charge >= 0.3 is 0 Å². The molecule has 0 bridgehead atoms. The summed E-state index contributed by atoms with van der Waals surface area (Å²) in [5.41, 5.74) is 1.06. The van der Waals surface area contributed by atoms with Crippen molar-refractivity contribution >= 4 is 39.8 Å². The molecule has 1 aromatic carbocycles. The number of hydrogen-bond acceptors (Lipinski definition) is 3. The number of benzene rings is 1. The van der Waals surface area contributed by atoms with E-state index in [1.807, 2.05) is 13.0 Å². The van der Waals surface area contributed by atoms with Gasteiger partial charge in [0.25, 0.3) is 11.8 Å². The lowest BCUT2D eigenvalue weighted by molar-refractivity contribution is 0.0394. The SMILES string of the molecule is Cc1cc(NC(=O)c2ccc(F)cc2Cl)sc1C(=O)N1CCCC2CCCCC21. The van der Waals surface area contributed by atoms with Gasteiger partial charge in [0, 0.05) is 12.6 Å². The van der Waals surface area contributed by atoms with Gasteiger partial charge in [-0.2, -0.15) is 0 Å². The van der Waals surface area contributed by atoms with Gasteiger partial charge in [-0.25, -0.2) is 4.39 Å². The maximum absolute atomic E-state index is 13.3. The molecule has 2 atom stereocenters. The molecule has 2 aromatic rings. The second-order valence-corrected chi connectivity index (χ2v) is 9.41. The molecule has 1 saturated carbocycles. The fraction of sp³-hybridized carbons (Fsp3) is 0.455. The van der Waals surface area contributed by atoms with Crippen molar-refractivity contribution in [3.63, 3.8) is 0 Å². The van der Waals surface area contributed by atoms with E-state index in [0.717, 1.165) is 31.0 Å². The number of aryl methyl sites for hydroxylation is 1. The minimum Gasteiger partial charge on any atom is -0.335 e. The van der Waals surface area contributed by atoms with Crippen molar-refractivity contribution in [1.82, 2.24) is 4.90 Å². The number of hydrogen-bond donors (Lipinski definition) is 1. The summed E-state index contributed by atoms with van der Waals surface area (Å²) in [6.45, 7) is 2.71. The largest absolute Gasteiger partial charge is 0.335 e. The van der Waals surface area contributed by atoms with E-state index < -0.39 is 11.7 Å². The molecule has 2 heterocycles. The number of carbonyl (C=O) groups is 2. The average molecular weight is 435 g/mol. The highest BCUT2D eigenvalue weighted by Crippen LogP contribution is 2.37. The van der Waals surface area contributed by atoms with E-state index in [4.69, 9.17) is 11.6 Å². The number of likely N-dealkylation sites (tertiary alicyclic amines) is 1. The van der Waals surface area contributed by atoms with E-state index in [1.165, 1.54) is 49.2 Å². The molecule has 29 heavy (non-hydrogen) atoms. The first-order valence-electron chi connectivity index (χ1n) is 10.1. The Hall–Kier alpha value is -1.92. The smallest absolute Gasteiger partial charge is 0.264 e. The van der Waals surface area contributed by atoms with Crippen LogP contribution in [0, 0.1) is 18.7 Å². The van der Waals surface area contributed by atoms with Crippen LogP contribution in [0.1, 0.15) is 64.1 Å². The zero-order chi connectivity index (χ0) is 20.5. The summed E-state index contributed by atoms with van der Waals surface area (Å²) < 4.78 is 13.2. The first kappa shape index (κ1) is 20.4. The monoisotopic (exact) mass is 434 g/mol. The molecule has 1 aliphatic heterocycles. The van der Waals surface area contributed by atoms with Crippen molar-refractivity contribution in [2.75, 3.05) is 11.9 Å². The van der Waals surface area contributed by atoms with Crippen LogP contribution in [0.5, 0.6) is 0 Å². The van der Waals surface area contributed by atoms with E-state index in [9.17, 15) is 14.0 Å². The molecule has 154 valence electrons. The Bertz CT molecular complexity index is 943. The number of halogens is 2. The number of amides is 2. The third kappa shape index (κ3) is 4.19. The molecular formula is C22H24ClFN2O2S. The third-order valence-corrected chi connectivity index (χ3v) is 7.48. The van der Waals surface area contributed by atoms with Crippen LogP contribution >= 0.6 is 22.9 Å². The minimum atomic E-state index is -0.492. The molecule has 1 aromatic heterocycles. The first-order valence-corrected chi connectivity index (χ1v) is 11.3. The summed E-state index contributed by atoms with van der Waals surface area (Å²) >= 11 is 7.28. The van der Waals surface area contributed by atoms with Crippen molar-refractivity contribution < 1.29 is 14.0 Å². The molecule has 1 N–H and O–H groups in total. The molecule has 2 aliphatic rings. The maximum Gasteiger partial charge on any atom is 0.264 e. The molecule has 7 heteroatoms. The highest BCUT2D eigenvalue weighted by Gasteiger charge is 2.36. The molecule has 4 rings (SSSR count). The summed E-state index contributed by atoms with van der Waals surface area (Å²) in [6, 6.07) is 5.84. The van der Waals surface area contributed by atoms with Crippen LogP contribution in [0.2, 0.25) is 5.02 Å². The number of fused-ring (bicyclic) bond motifs is 1. The predicted octanol–water partition coefficient (Wildman–Crippen LogP) is 5.90. The molecule has 1 saturated heterocycles. The average Bonchev–Trinajstić information content (AvgIpc) is 3.06.